The summed E-state index contributed by atoms with van der Waals surface area (Å²) in [6.07, 6.45) is 1.10. The van der Waals surface area contributed by atoms with Gasteiger partial charge in [0.2, 0.25) is 5.91 Å². The molecular weight excluding hydrogens is 154 g/mol. The van der Waals surface area contributed by atoms with E-state index in [-0.39, 0.29) is 5.91 Å². The van der Waals surface area contributed by atoms with Crippen LogP contribution in [0.5, 0.6) is 0 Å². The highest BCUT2D eigenvalue weighted by Crippen LogP contribution is 2.14. The molecule has 2 atom stereocenters. The summed E-state index contributed by atoms with van der Waals surface area (Å²) < 4.78 is 0. The first-order chi connectivity index (χ1) is 5.59. The Bertz CT molecular complexity index is 162. The van der Waals surface area contributed by atoms with Crippen LogP contribution in [0.25, 0.3) is 0 Å². The van der Waals surface area contributed by atoms with Crippen molar-refractivity contribution in [1.29, 1.82) is 0 Å². The van der Waals surface area contributed by atoms with Gasteiger partial charge in [-0.25, -0.2) is 0 Å². The SMILES string of the molecule is CC1CC(NCC(N)=O)CN1C. The number of likely N-dealkylation sites (N-methyl/N-ethyl adjacent to an activating group) is 1. The van der Waals surface area contributed by atoms with E-state index in [4.69, 9.17) is 5.73 Å². The van der Waals surface area contributed by atoms with Gasteiger partial charge < -0.3 is 16.0 Å². The molecule has 0 spiro atoms. The zero-order valence-electron chi connectivity index (χ0n) is 7.71. The number of primary amides is 1. The molecule has 1 amide bonds. The summed E-state index contributed by atoms with van der Waals surface area (Å²) in [7, 11) is 2.09. The number of nitrogens with one attached hydrogen (secondary N) is 1. The van der Waals surface area contributed by atoms with Crippen molar-refractivity contribution in [3.8, 4) is 0 Å². The molecule has 0 saturated carbocycles. The maximum atomic E-state index is 10.5. The maximum absolute atomic E-state index is 10.5. The number of carbonyl (C=O) groups is 1. The molecule has 0 aromatic carbocycles. The van der Waals surface area contributed by atoms with E-state index in [9.17, 15) is 4.79 Å². The second-order valence-corrected chi connectivity index (χ2v) is 3.57. The topological polar surface area (TPSA) is 58.4 Å². The van der Waals surface area contributed by atoms with Crippen molar-refractivity contribution < 1.29 is 4.79 Å². The molecule has 1 fully saturated rings. The van der Waals surface area contributed by atoms with E-state index < -0.39 is 0 Å². The quantitative estimate of drug-likeness (QED) is 0.582. The van der Waals surface area contributed by atoms with Crippen LogP contribution in [0.3, 0.4) is 0 Å². The Morgan fingerprint density at radius 1 is 1.75 bits per heavy atom. The lowest BCUT2D eigenvalue weighted by Gasteiger charge is -2.12. The second-order valence-electron chi connectivity index (χ2n) is 3.57. The zero-order valence-corrected chi connectivity index (χ0v) is 7.71. The van der Waals surface area contributed by atoms with Gasteiger partial charge in [-0.1, -0.05) is 0 Å². The minimum Gasteiger partial charge on any atom is -0.369 e. The van der Waals surface area contributed by atoms with Crippen LogP contribution in [0.4, 0.5) is 0 Å². The highest BCUT2D eigenvalue weighted by Gasteiger charge is 2.25. The molecule has 1 heterocycles. The molecule has 4 nitrogen and oxygen atoms in total. The van der Waals surface area contributed by atoms with Gasteiger partial charge in [0.15, 0.2) is 0 Å². The summed E-state index contributed by atoms with van der Waals surface area (Å²) in [5, 5.41) is 3.13. The van der Waals surface area contributed by atoms with Crippen LogP contribution in [-0.2, 0) is 4.79 Å². The third-order valence-electron chi connectivity index (χ3n) is 2.45. The Kier molecular flexibility index (Phi) is 3.05. The fourth-order valence-corrected chi connectivity index (χ4v) is 1.59. The Hall–Kier alpha value is -0.610. The number of hydrogen-bond acceptors (Lipinski definition) is 3. The highest BCUT2D eigenvalue weighted by atomic mass is 16.1. The molecule has 12 heavy (non-hydrogen) atoms. The molecule has 1 aliphatic heterocycles. The number of nitrogens with two attached hydrogens (primary N) is 1. The van der Waals surface area contributed by atoms with Gasteiger partial charge in [0.05, 0.1) is 6.54 Å². The van der Waals surface area contributed by atoms with Crippen molar-refractivity contribution in [3.05, 3.63) is 0 Å². The predicted octanol–water partition coefficient (Wildman–Crippen LogP) is -0.846. The van der Waals surface area contributed by atoms with E-state index in [1.165, 1.54) is 0 Å². The number of carbonyl (C=O) groups excluding carboxylic acids is 1. The van der Waals surface area contributed by atoms with Crippen LogP contribution < -0.4 is 11.1 Å². The van der Waals surface area contributed by atoms with Gasteiger partial charge in [0.25, 0.3) is 0 Å². The van der Waals surface area contributed by atoms with Crippen LogP contribution in [0.2, 0.25) is 0 Å². The molecule has 1 aliphatic rings. The van der Waals surface area contributed by atoms with E-state index in [0.29, 0.717) is 18.6 Å². The molecule has 1 saturated heterocycles. The Balaban J connectivity index is 2.23. The molecule has 0 aromatic rings. The summed E-state index contributed by atoms with van der Waals surface area (Å²) in [5.74, 6) is -0.280. The van der Waals surface area contributed by atoms with Crippen molar-refractivity contribution in [2.75, 3.05) is 20.1 Å². The van der Waals surface area contributed by atoms with Crippen molar-refractivity contribution in [2.45, 2.75) is 25.4 Å². The summed E-state index contributed by atoms with van der Waals surface area (Å²) in [6, 6.07) is 1.04. The predicted molar refractivity (Wildman–Crippen MR) is 47.7 cm³/mol. The molecule has 4 heteroatoms. The highest BCUT2D eigenvalue weighted by molar-refractivity contribution is 5.75. The van der Waals surface area contributed by atoms with Crippen molar-refractivity contribution in [2.24, 2.45) is 5.73 Å². The average Bonchev–Trinajstić information content (AvgIpc) is 2.28. The fraction of sp³-hybridized carbons (Fsp3) is 0.875. The first-order valence-corrected chi connectivity index (χ1v) is 4.31. The summed E-state index contributed by atoms with van der Waals surface area (Å²) in [5.41, 5.74) is 5.02. The van der Waals surface area contributed by atoms with E-state index >= 15 is 0 Å². The second kappa shape index (κ2) is 3.87. The standard InChI is InChI=1S/C8H17N3O/c1-6-3-7(5-11(6)2)10-4-8(9)12/h6-7,10H,3-5H2,1-2H3,(H2,9,12). The third-order valence-corrected chi connectivity index (χ3v) is 2.45. The minimum atomic E-state index is -0.280. The third kappa shape index (κ3) is 2.46. The zero-order chi connectivity index (χ0) is 9.14. The summed E-state index contributed by atoms with van der Waals surface area (Å²) in [4.78, 5) is 12.7. The van der Waals surface area contributed by atoms with E-state index in [2.05, 4.69) is 24.2 Å². The molecule has 2 unspecified atom stereocenters. The average molecular weight is 171 g/mol. The normalized spacial score (nSPS) is 30.8. The van der Waals surface area contributed by atoms with Crippen LogP contribution in [-0.4, -0.2) is 43.0 Å². The Morgan fingerprint density at radius 3 is 2.83 bits per heavy atom. The molecule has 3 N–H and O–H groups in total. The van der Waals surface area contributed by atoms with Gasteiger partial charge in [-0.2, -0.15) is 0 Å². The first-order valence-electron chi connectivity index (χ1n) is 4.31. The Labute approximate surface area is 73.1 Å². The summed E-state index contributed by atoms with van der Waals surface area (Å²) >= 11 is 0. The van der Waals surface area contributed by atoms with Crippen molar-refractivity contribution in [1.82, 2.24) is 10.2 Å². The van der Waals surface area contributed by atoms with Gasteiger partial charge in [0, 0.05) is 18.6 Å². The van der Waals surface area contributed by atoms with Crippen molar-refractivity contribution >= 4 is 5.91 Å². The number of nitrogens with zero attached hydrogens (tertiary/aromatic N) is 1. The molecular formula is C8H17N3O. The lowest BCUT2D eigenvalue weighted by atomic mass is 10.2. The smallest absolute Gasteiger partial charge is 0.231 e. The van der Waals surface area contributed by atoms with E-state index in [0.717, 1.165) is 13.0 Å². The van der Waals surface area contributed by atoms with Gasteiger partial charge in [-0.3, -0.25) is 4.79 Å². The van der Waals surface area contributed by atoms with Gasteiger partial charge >= 0.3 is 0 Å². The Morgan fingerprint density at radius 2 is 2.42 bits per heavy atom. The lowest BCUT2D eigenvalue weighted by molar-refractivity contribution is -0.117. The largest absolute Gasteiger partial charge is 0.369 e. The number of rotatable bonds is 3. The first kappa shape index (κ1) is 9.48. The van der Waals surface area contributed by atoms with Crippen LogP contribution >= 0.6 is 0 Å². The van der Waals surface area contributed by atoms with Gasteiger partial charge in [-0.15, -0.1) is 0 Å². The number of hydrogen-bond donors (Lipinski definition) is 2. The van der Waals surface area contributed by atoms with Crippen LogP contribution in [0, 0.1) is 0 Å². The molecule has 1 rings (SSSR count). The van der Waals surface area contributed by atoms with Crippen LogP contribution in [0.1, 0.15) is 13.3 Å². The molecule has 0 radical (unpaired) electrons. The van der Waals surface area contributed by atoms with E-state index in [1.54, 1.807) is 0 Å². The van der Waals surface area contributed by atoms with Gasteiger partial charge in [-0.05, 0) is 20.4 Å². The fourth-order valence-electron chi connectivity index (χ4n) is 1.59. The maximum Gasteiger partial charge on any atom is 0.231 e. The lowest BCUT2D eigenvalue weighted by Crippen LogP contribution is -2.37. The summed E-state index contributed by atoms with van der Waals surface area (Å²) in [6.45, 7) is 3.49. The molecule has 0 bridgehead atoms. The monoisotopic (exact) mass is 171 g/mol. The van der Waals surface area contributed by atoms with Crippen LogP contribution in [0.15, 0.2) is 0 Å². The minimum absolute atomic E-state index is 0.280. The number of amides is 1. The molecule has 0 aromatic heterocycles. The van der Waals surface area contributed by atoms with Gasteiger partial charge in [0.1, 0.15) is 0 Å². The molecule has 0 aliphatic carbocycles. The molecule has 70 valence electrons. The van der Waals surface area contributed by atoms with E-state index in [1.807, 2.05) is 0 Å². The number of likely N-dealkylation sites (tertiary alicyclic amines) is 1. The van der Waals surface area contributed by atoms with Crippen molar-refractivity contribution in [3.63, 3.8) is 0 Å².